The van der Waals surface area contributed by atoms with E-state index in [2.05, 4.69) is 10.6 Å². The van der Waals surface area contributed by atoms with E-state index in [1.165, 1.54) is 49.5 Å². The van der Waals surface area contributed by atoms with Crippen molar-refractivity contribution < 1.29 is 31.9 Å². The van der Waals surface area contributed by atoms with Crippen LogP contribution in [0.15, 0.2) is 59.0 Å². The molecule has 156 valence electrons. The van der Waals surface area contributed by atoms with Crippen LogP contribution in [0.5, 0.6) is 5.75 Å². The van der Waals surface area contributed by atoms with Crippen LogP contribution in [0.3, 0.4) is 0 Å². The van der Waals surface area contributed by atoms with Crippen molar-refractivity contribution in [3.8, 4) is 5.75 Å². The van der Waals surface area contributed by atoms with Gasteiger partial charge in [-0.3, -0.25) is 9.59 Å². The molecule has 3 rings (SSSR count). The molecule has 1 atom stereocenters. The molecule has 2 amide bonds. The first kappa shape index (κ1) is 21.0. The Kier molecular flexibility index (Phi) is 6.41. The highest BCUT2D eigenvalue weighted by atomic mass is 19.2. The number of benzene rings is 2. The van der Waals surface area contributed by atoms with Gasteiger partial charge in [0.1, 0.15) is 30.0 Å². The fourth-order valence-electron chi connectivity index (χ4n) is 2.60. The molecule has 1 aromatic heterocycles. The number of nitrogens with one attached hydrogen (secondary N) is 2. The van der Waals surface area contributed by atoms with Gasteiger partial charge in [0.25, 0.3) is 5.91 Å². The maximum absolute atomic E-state index is 13.5. The summed E-state index contributed by atoms with van der Waals surface area (Å²) in [7, 11) is 1.35. The quantitative estimate of drug-likeness (QED) is 0.616. The third-order valence-electron chi connectivity index (χ3n) is 4.14. The second kappa shape index (κ2) is 9.17. The van der Waals surface area contributed by atoms with Crippen molar-refractivity contribution in [2.45, 2.75) is 12.6 Å². The molecule has 0 saturated heterocycles. The first-order valence-electron chi connectivity index (χ1n) is 8.82. The van der Waals surface area contributed by atoms with Crippen LogP contribution in [-0.4, -0.2) is 18.9 Å². The van der Waals surface area contributed by atoms with Gasteiger partial charge in [-0.05, 0) is 54.1 Å². The van der Waals surface area contributed by atoms with E-state index in [-0.39, 0.29) is 17.9 Å². The molecule has 0 bridgehead atoms. The molecular formula is C21H17F3N2O4. The van der Waals surface area contributed by atoms with Crippen molar-refractivity contribution >= 4 is 11.8 Å². The predicted molar refractivity (Wildman–Crippen MR) is 100 cm³/mol. The molecule has 9 heteroatoms. The van der Waals surface area contributed by atoms with Gasteiger partial charge in [0.15, 0.2) is 17.4 Å². The van der Waals surface area contributed by atoms with Crippen molar-refractivity contribution in [2.75, 3.05) is 7.05 Å². The molecule has 1 unspecified atom stereocenters. The summed E-state index contributed by atoms with van der Waals surface area (Å²) in [6.45, 7) is -0.0129. The van der Waals surface area contributed by atoms with E-state index in [1.807, 2.05) is 0 Å². The lowest BCUT2D eigenvalue weighted by Crippen LogP contribution is -2.39. The summed E-state index contributed by atoms with van der Waals surface area (Å²) >= 11 is 0. The van der Waals surface area contributed by atoms with E-state index >= 15 is 0 Å². The number of ether oxygens (including phenoxy) is 1. The lowest BCUT2D eigenvalue weighted by Gasteiger charge is -2.17. The first-order chi connectivity index (χ1) is 14.4. The van der Waals surface area contributed by atoms with Gasteiger partial charge in [0.2, 0.25) is 5.91 Å². The highest BCUT2D eigenvalue weighted by Crippen LogP contribution is 2.19. The Labute approximate surface area is 169 Å². The Bertz CT molecular complexity index is 1050. The summed E-state index contributed by atoms with van der Waals surface area (Å²) in [6, 6.07) is 9.90. The number of rotatable bonds is 7. The fraction of sp³-hybridized carbons (Fsp3) is 0.143. The van der Waals surface area contributed by atoms with Crippen LogP contribution in [0.1, 0.15) is 27.9 Å². The second-order valence-corrected chi connectivity index (χ2v) is 6.20. The molecule has 0 fully saturated rings. The molecule has 0 aliphatic carbocycles. The molecule has 30 heavy (non-hydrogen) atoms. The van der Waals surface area contributed by atoms with Crippen molar-refractivity contribution in [1.82, 2.24) is 10.6 Å². The minimum atomic E-state index is -1.26. The zero-order chi connectivity index (χ0) is 21.7. The molecule has 2 N–H and O–H groups in total. The van der Waals surface area contributed by atoms with Gasteiger partial charge >= 0.3 is 0 Å². The van der Waals surface area contributed by atoms with Gasteiger partial charge in [-0.2, -0.15) is 0 Å². The molecular weight excluding hydrogens is 401 g/mol. The maximum atomic E-state index is 13.5. The second-order valence-electron chi connectivity index (χ2n) is 6.20. The van der Waals surface area contributed by atoms with Crippen LogP contribution in [0.4, 0.5) is 13.2 Å². The molecule has 0 spiro atoms. The summed E-state index contributed by atoms with van der Waals surface area (Å²) in [5.41, 5.74) is 0.0630. The van der Waals surface area contributed by atoms with Crippen LogP contribution >= 0.6 is 0 Å². The summed E-state index contributed by atoms with van der Waals surface area (Å²) < 4.78 is 50.5. The Morgan fingerprint density at radius 2 is 1.73 bits per heavy atom. The number of hydrogen-bond acceptors (Lipinski definition) is 4. The van der Waals surface area contributed by atoms with Gasteiger partial charge in [0, 0.05) is 7.05 Å². The molecule has 1 heterocycles. The van der Waals surface area contributed by atoms with Crippen molar-refractivity contribution in [2.24, 2.45) is 0 Å². The van der Waals surface area contributed by atoms with Crippen LogP contribution in [0.2, 0.25) is 0 Å². The predicted octanol–water partition coefficient (Wildman–Crippen LogP) is 3.49. The number of likely N-dealkylation sites (N-methyl/N-ethyl adjacent to an activating group) is 1. The number of amides is 2. The van der Waals surface area contributed by atoms with Crippen molar-refractivity contribution in [3.63, 3.8) is 0 Å². The fourth-order valence-corrected chi connectivity index (χ4v) is 2.60. The number of carbonyl (C=O) groups excluding carboxylic acids is 2. The minimum absolute atomic E-state index is 0.0129. The molecule has 0 aliphatic heterocycles. The first-order valence-corrected chi connectivity index (χ1v) is 8.82. The SMILES string of the molecule is CNC(=O)C(NC(=O)c1ccc(COc2ccc(F)cc2)o1)c1ccc(F)c(F)c1. The normalized spacial score (nSPS) is 11.6. The van der Waals surface area contributed by atoms with Gasteiger partial charge in [-0.25, -0.2) is 13.2 Å². The third-order valence-corrected chi connectivity index (χ3v) is 4.14. The molecule has 0 aliphatic rings. The lowest BCUT2D eigenvalue weighted by molar-refractivity contribution is -0.122. The topological polar surface area (TPSA) is 80.6 Å². The van der Waals surface area contributed by atoms with Crippen molar-refractivity contribution in [1.29, 1.82) is 0 Å². The van der Waals surface area contributed by atoms with E-state index < -0.39 is 35.3 Å². The van der Waals surface area contributed by atoms with E-state index in [0.717, 1.165) is 12.1 Å². The van der Waals surface area contributed by atoms with Gasteiger partial charge in [-0.1, -0.05) is 6.07 Å². The Morgan fingerprint density at radius 1 is 1.00 bits per heavy atom. The Balaban J connectivity index is 1.69. The van der Waals surface area contributed by atoms with Crippen LogP contribution in [0.25, 0.3) is 0 Å². The smallest absolute Gasteiger partial charge is 0.287 e. The molecule has 2 aromatic carbocycles. The molecule has 0 saturated carbocycles. The summed E-state index contributed by atoms with van der Waals surface area (Å²) in [5, 5.41) is 4.78. The summed E-state index contributed by atoms with van der Waals surface area (Å²) in [4.78, 5) is 24.6. The van der Waals surface area contributed by atoms with E-state index in [4.69, 9.17) is 9.15 Å². The Hall–Kier alpha value is -3.75. The number of carbonyl (C=O) groups is 2. The number of hydrogen-bond donors (Lipinski definition) is 2. The highest BCUT2D eigenvalue weighted by molar-refractivity contribution is 5.95. The molecule has 6 nitrogen and oxygen atoms in total. The zero-order valence-electron chi connectivity index (χ0n) is 15.7. The monoisotopic (exact) mass is 418 g/mol. The minimum Gasteiger partial charge on any atom is -0.486 e. The highest BCUT2D eigenvalue weighted by Gasteiger charge is 2.25. The summed E-state index contributed by atoms with van der Waals surface area (Å²) in [5.74, 6) is -3.35. The van der Waals surface area contributed by atoms with E-state index in [9.17, 15) is 22.8 Å². The number of furan rings is 1. The maximum Gasteiger partial charge on any atom is 0.287 e. The van der Waals surface area contributed by atoms with Gasteiger partial charge < -0.3 is 19.8 Å². The largest absolute Gasteiger partial charge is 0.486 e. The Morgan fingerprint density at radius 3 is 2.40 bits per heavy atom. The standard InChI is InChI=1S/C21H17F3N2O4/c1-25-21(28)19(12-2-8-16(23)17(24)10-12)26-20(27)18-9-7-15(30-18)11-29-14-5-3-13(22)4-6-14/h2-10,19H,11H2,1H3,(H,25,28)(H,26,27). The van der Waals surface area contributed by atoms with Crippen molar-refractivity contribution in [3.05, 3.63) is 89.1 Å². The van der Waals surface area contributed by atoms with E-state index in [0.29, 0.717) is 11.5 Å². The number of halogens is 3. The van der Waals surface area contributed by atoms with Crippen LogP contribution < -0.4 is 15.4 Å². The zero-order valence-corrected chi connectivity index (χ0v) is 15.7. The molecule has 3 aromatic rings. The average molecular weight is 418 g/mol. The van der Waals surface area contributed by atoms with Crippen LogP contribution in [0, 0.1) is 17.5 Å². The average Bonchev–Trinajstić information content (AvgIpc) is 3.22. The lowest BCUT2D eigenvalue weighted by atomic mass is 10.1. The van der Waals surface area contributed by atoms with Crippen LogP contribution in [-0.2, 0) is 11.4 Å². The summed E-state index contributed by atoms with van der Waals surface area (Å²) in [6.07, 6.45) is 0. The molecule has 0 radical (unpaired) electrons. The van der Waals surface area contributed by atoms with Gasteiger partial charge in [-0.15, -0.1) is 0 Å². The third kappa shape index (κ3) is 4.99. The van der Waals surface area contributed by atoms with E-state index in [1.54, 1.807) is 0 Å². The van der Waals surface area contributed by atoms with Gasteiger partial charge in [0.05, 0.1) is 0 Å².